The monoisotopic (exact) mass is 531 g/mol. The zero-order valence-electron chi connectivity index (χ0n) is 20.6. The number of benzene rings is 3. The molecule has 0 fully saturated rings. The molecule has 190 valence electrons. The van der Waals surface area contributed by atoms with Crippen molar-refractivity contribution >= 4 is 28.8 Å². The molecule has 1 aliphatic carbocycles. The van der Waals surface area contributed by atoms with Crippen molar-refractivity contribution in [3.63, 3.8) is 0 Å². The third-order valence-electron chi connectivity index (χ3n) is 7.25. The number of non-ortho nitro benzene ring substituents is 1. The molecule has 0 unspecified atom stereocenters. The Morgan fingerprint density at radius 3 is 2.51 bits per heavy atom. The van der Waals surface area contributed by atoms with Gasteiger partial charge >= 0.3 is 0 Å². The fraction of sp³-hybridized carbons (Fsp3) is 0.0968. The Kier molecular flexibility index (Phi) is 5.49. The summed E-state index contributed by atoms with van der Waals surface area (Å²) in [5.74, 6) is 1.09. The van der Waals surface area contributed by atoms with E-state index >= 15 is 0 Å². The molecule has 0 radical (unpaired) electrons. The maximum Gasteiger partial charge on any atom is 0.271 e. The highest BCUT2D eigenvalue weighted by Crippen LogP contribution is 2.41. The van der Waals surface area contributed by atoms with Crippen LogP contribution in [0.15, 0.2) is 111 Å². The third kappa shape index (κ3) is 3.97. The lowest BCUT2D eigenvalue weighted by atomic mass is 9.83. The molecule has 5 aromatic rings. The summed E-state index contributed by atoms with van der Waals surface area (Å²) >= 11 is 1.35. The smallest absolute Gasteiger partial charge is 0.271 e. The van der Waals surface area contributed by atoms with Crippen LogP contribution in [0.4, 0.5) is 5.69 Å². The first-order valence-electron chi connectivity index (χ1n) is 12.6. The van der Waals surface area contributed by atoms with Crippen LogP contribution in [0.2, 0.25) is 0 Å². The molecular formula is C31H21N3O4S. The van der Waals surface area contributed by atoms with Crippen LogP contribution in [0.25, 0.3) is 23.1 Å². The molecule has 0 spiro atoms. The highest BCUT2D eigenvalue weighted by molar-refractivity contribution is 7.07. The lowest BCUT2D eigenvalue weighted by Gasteiger charge is -2.30. The minimum Gasteiger partial charge on any atom is -0.457 e. The summed E-state index contributed by atoms with van der Waals surface area (Å²) in [5, 5.41) is 11.0. The summed E-state index contributed by atoms with van der Waals surface area (Å²) in [6.45, 7) is 0. The van der Waals surface area contributed by atoms with E-state index < -0.39 is 4.92 Å². The van der Waals surface area contributed by atoms with Crippen molar-refractivity contribution in [2.45, 2.75) is 18.9 Å². The number of nitro groups is 1. The first-order valence-corrected chi connectivity index (χ1v) is 13.4. The highest BCUT2D eigenvalue weighted by Gasteiger charge is 2.32. The van der Waals surface area contributed by atoms with Crippen LogP contribution in [-0.4, -0.2) is 9.49 Å². The summed E-state index contributed by atoms with van der Waals surface area (Å²) in [5.41, 5.74) is 6.24. The molecule has 0 saturated heterocycles. The van der Waals surface area contributed by atoms with Gasteiger partial charge in [-0.3, -0.25) is 19.5 Å². The number of aromatic nitrogens is 1. The number of allylic oxidation sites excluding steroid dienone is 1. The molecule has 1 aliphatic heterocycles. The van der Waals surface area contributed by atoms with Gasteiger partial charge in [0.15, 0.2) is 4.80 Å². The van der Waals surface area contributed by atoms with E-state index in [0.717, 1.165) is 40.8 Å². The van der Waals surface area contributed by atoms with E-state index in [9.17, 15) is 14.9 Å². The average molecular weight is 532 g/mol. The number of nitro benzene ring substituents is 1. The Balaban J connectivity index is 1.35. The number of nitrogens with zero attached hydrogens (tertiary/aromatic N) is 3. The number of aryl methyl sites for hydroxylation is 1. The Morgan fingerprint density at radius 2 is 1.72 bits per heavy atom. The second-order valence-corrected chi connectivity index (χ2v) is 10.5. The largest absolute Gasteiger partial charge is 0.457 e. The first-order chi connectivity index (χ1) is 19.1. The van der Waals surface area contributed by atoms with E-state index in [1.54, 1.807) is 30.3 Å². The summed E-state index contributed by atoms with van der Waals surface area (Å²) in [6, 6.07) is 28.1. The molecule has 0 saturated carbocycles. The molecule has 3 aromatic carbocycles. The van der Waals surface area contributed by atoms with Crippen molar-refractivity contribution < 1.29 is 9.34 Å². The highest BCUT2D eigenvalue weighted by atomic mass is 32.1. The van der Waals surface area contributed by atoms with E-state index in [1.807, 2.05) is 28.8 Å². The van der Waals surface area contributed by atoms with Gasteiger partial charge in [0.25, 0.3) is 11.2 Å². The summed E-state index contributed by atoms with van der Waals surface area (Å²) in [4.78, 5) is 30.1. The van der Waals surface area contributed by atoms with E-state index in [-0.39, 0.29) is 17.3 Å². The van der Waals surface area contributed by atoms with E-state index in [4.69, 9.17) is 9.41 Å². The quantitative estimate of drug-likeness (QED) is 0.227. The second kappa shape index (κ2) is 9.18. The molecule has 0 N–H and O–H groups in total. The van der Waals surface area contributed by atoms with Gasteiger partial charge in [-0.2, -0.15) is 0 Å². The number of fused-ring (bicyclic) bond motifs is 3. The van der Waals surface area contributed by atoms with Gasteiger partial charge < -0.3 is 4.42 Å². The van der Waals surface area contributed by atoms with Crippen molar-refractivity contribution in [3.8, 4) is 11.3 Å². The van der Waals surface area contributed by atoms with Crippen molar-refractivity contribution in [2.24, 2.45) is 4.99 Å². The van der Waals surface area contributed by atoms with Crippen LogP contribution in [-0.2, 0) is 6.42 Å². The predicted octanol–water partition coefficient (Wildman–Crippen LogP) is 5.49. The van der Waals surface area contributed by atoms with Crippen molar-refractivity contribution in [2.75, 3.05) is 0 Å². The predicted molar refractivity (Wildman–Crippen MR) is 150 cm³/mol. The van der Waals surface area contributed by atoms with Gasteiger partial charge in [0.05, 0.1) is 21.2 Å². The Morgan fingerprint density at radius 1 is 0.949 bits per heavy atom. The number of hydrogen-bond donors (Lipinski definition) is 0. The van der Waals surface area contributed by atoms with Gasteiger partial charge in [0, 0.05) is 29.3 Å². The lowest BCUT2D eigenvalue weighted by Crippen LogP contribution is -2.38. The maximum absolute atomic E-state index is 13.9. The zero-order chi connectivity index (χ0) is 26.5. The van der Waals surface area contributed by atoms with Gasteiger partial charge in [-0.05, 0) is 53.8 Å². The standard InChI is InChI=1S/C31H21N3O4S/c35-30-27(18-23-15-17-26(38-23)20-10-13-22(14-11-20)34(36)37)39-31-32-28-24-9-5-4-6-19(24)12-16-25(28)29(33(30)31)21-7-2-1-3-8-21/h1-11,13-15,17-18,29H,12,16H2/b27-18-/t29-/m0/s1. The summed E-state index contributed by atoms with van der Waals surface area (Å²) in [6.07, 6.45) is 3.50. The van der Waals surface area contributed by atoms with Gasteiger partial charge in [0.1, 0.15) is 11.5 Å². The van der Waals surface area contributed by atoms with Crippen LogP contribution in [0.5, 0.6) is 0 Å². The fourth-order valence-electron chi connectivity index (χ4n) is 5.42. The van der Waals surface area contributed by atoms with Gasteiger partial charge in [-0.1, -0.05) is 65.9 Å². The minimum absolute atomic E-state index is 0.0185. The number of thiazole rings is 1. The van der Waals surface area contributed by atoms with Crippen LogP contribution in [0.3, 0.4) is 0 Å². The first kappa shape index (κ1) is 23.3. The molecule has 2 aromatic heterocycles. The van der Waals surface area contributed by atoms with Crippen LogP contribution >= 0.6 is 11.3 Å². The van der Waals surface area contributed by atoms with Crippen LogP contribution in [0, 0.1) is 10.1 Å². The van der Waals surface area contributed by atoms with Crippen LogP contribution in [0.1, 0.15) is 34.9 Å². The van der Waals surface area contributed by atoms with Gasteiger partial charge in [-0.15, -0.1) is 0 Å². The zero-order valence-corrected chi connectivity index (χ0v) is 21.4. The van der Waals surface area contributed by atoms with Crippen molar-refractivity contribution in [1.29, 1.82) is 0 Å². The normalized spacial score (nSPS) is 16.3. The topological polar surface area (TPSA) is 90.6 Å². The molecule has 7 rings (SSSR count). The van der Waals surface area contributed by atoms with Gasteiger partial charge in [-0.25, -0.2) is 4.99 Å². The molecule has 8 heteroatoms. The van der Waals surface area contributed by atoms with E-state index in [2.05, 4.69) is 30.3 Å². The molecule has 3 heterocycles. The number of furan rings is 1. The fourth-order valence-corrected chi connectivity index (χ4v) is 6.40. The summed E-state index contributed by atoms with van der Waals surface area (Å²) in [7, 11) is 0. The molecule has 2 aliphatic rings. The SMILES string of the molecule is O=c1/c(=C/c2ccc(-c3ccc([N+](=O)[O-])cc3)o2)sc2n1[C@@H](c1ccccc1)C1=C(N=2)c2ccccc2CC1. The van der Waals surface area contributed by atoms with Crippen molar-refractivity contribution in [1.82, 2.24) is 4.57 Å². The van der Waals surface area contributed by atoms with Crippen molar-refractivity contribution in [3.05, 3.63) is 149 Å². The Bertz CT molecular complexity index is 1960. The molecule has 1 atom stereocenters. The van der Waals surface area contributed by atoms with E-state index in [0.29, 0.717) is 20.9 Å². The average Bonchev–Trinajstić information content (AvgIpc) is 3.56. The number of hydrogen-bond acceptors (Lipinski definition) is 6. The molecule has 0 amide bonds. The molecule has 0 bridgehead atoms. The molecule has 39 heavy (non-hydrogen) atoms. The number of rotatable bonds is 4. The molecule has 7 nitrogen and oxygen atoms in total. The lowest BCUT2D eigenvalue weighted by molar-refractivity contribution is -0.384. The Hall–Kier alpha value is -4.82. The third-order valence-corrected chi connectivity index (χ3v) is 8.23. The van der Waals surface area contributed by atoms with Crippen LogP contribution < -0.4 is 14.9 Å². The van der Waals surface area contributed by atoms with Gasteiger partial charge in [0.2, 0.25) is 0 Å². The minimum atomic E-state index is -0.434. The maximum atomic E-state index is 13.9. The molecular weight excluding hydrogens is 510 g/mol. The Labute approximate surface area is 226 Å². The van der Waals surface area contributed by atoms with E-state index in [1.165, 1.54) is 29.0 Å². The summed E-state index contributed by atoms with van der Waals surface area (Å²) < 4.78 is 8.36. The second-order valence-electron chi connectivity index (χ2n) is 9.53.